The largest absolute Gasteiger partial charge is 0.305 e. The first-order valence-electron chi connectivity index (χ1n) is 17.3. The molecule has 0 N–H and O–H groups in total. The normalized spacial score (nSPS) is 12.9. The number of rotatable bonds is 4. The molecule has 0 bridgehead atoms. The molecule has 1 aliphatic rings. The number of nitrogens with zero attached hydrogens (tertiary/aromatic N) is 3. The predicted molar refractivity (Wildman–Crippen MR) is 205 cm³/mol. The van der Waals surface area contributed by atoms with E-state index in [-0.39, 0.29) is 36.4 Å². The molecule has 3 nitrogen and oxygen atoms in total. The van der Waals surface area contributed by atoms with Crippen molar-refractivity contribution in [3.05, 3.63) is 149 Å². The zero-order valence-corrected chi connectivity index (χ0v) is 32.8. The van der Waals surface area contributed by atoms with Crippen LogP contribution in [0.15, 0.2) is 103 Å². The summed E-state index contributed by atoms with van der Waals surface area (Å²) >= 11 is 0. The molecule has 0 amide bonds. The number of aromatic nitrogens is 2. The van der Waals surface area contributed by atoms with E-state index in [1.54, 1.807) is 6.07 Å². The minimum absolute atomic E-state index is 0. The zero-order valence-electron chi connectivity index (χ0n) is 30.4. The Hall–Kier alpha value is -4.42. The van der Waals surface area contributed by atoms with Crippen molar-refractivity contribution in [2.45, 2.75) is 84.5 Å². The van der Waals surface area contributed by atoms with E-state index < -0.39 is 0 Å². The predicted octanol–water partition coefficient (Wildman–Crippen LogP) is 12.5. The van der Waals surface area contributed by atoms with Crippen LogP contribution in [0.4, 0.5) is 5.69 Å². The fourth-order valence-corrected chi connectivity index (χ4v) is 7.14. The number of hydrogen-bond donors (Lipinski definition) is 0. The van der Waals surface area contributed by atoms with Crippen LogP contribution >= 0.6 is 0 Å². The van der Waals surface area contributed by atoms with Crippen LogP contribution in [0.1, 0.15) is 90.5 Å². The van der Waals surface area contributed by atoms with Gasteiger partial charge in [0.1, 0.15) is 5.69 Å². The molecule has 0 aliphatic heterocycles. The van der Waals surface area contributed by atoms with Gasteiger partial charge in [-0.2, -0.15) is 6.07 Å². The molecule has 255 valence electrons. The third kappa shape index (κ3) is 6.96. The first kappa shape index (κ1) is 36.8. The molecule has 0 saturated carbocycles. The van der Waals surface area contributed by atoms with Crippen molar-refractivity contribution < 1.29 is 20.1 Å². The summed E-state index contributed by atoms with van der Waals surface area (Å²) in [5.41, 5.74) is 12.6. The van der Waals surface area contributed by atoms with Crippen molar-refractivity contribution in [2.24, 2.45) is 0 Å². The number of hydrogen-bond acceptors (Lipinski definition) is 2. The average molecular weight is 832 g/mol. The van der Waals surface area contributed by atoms with Crippen LogP contribution in [-0.2, 0) is 36.4 Å². The van der Waals surface area contributed by atoms with Crippen molar-refractivity contribution in [3.63, 3.8) is 0 Å². The van der Waals surface area contributed by atoms with Crippen LogP contribution in [0.2, 0.25) is 0 Å². The van der Waals surface area contributed by atoms with E-state index in [1.807, 2.05) is 30.6 Å². The van der Waals surface area contributed by atoms with Gasteiger partial charge in [0.05, 0.1) is 6.57 Å². The van der Waals surface area contributed by atoms with E-state index in [9.17, 15) is 0 Å². The van der Waals surface area contributed by atoms with Crippen molar-refractivity contribution in [1.29, 1.82) is 0 Å². The molecule has 4 heteroatoms. The molecule has 2 aromatic heterocycles. The van der Waals surface area contributed by atoms with Crippen molar-refractivity contribution in [2.75, 3.05) is 0 Å². The third-order valence-electron chi connectivity index (χ3n) is 10.1. The number of pyridine rings is 2. The van der Waals surface area contributed by atoms with Crippen molar-refractivity contribution in [1.82, 2.24) is 9.97 Å². The van der Waals surface area contributed by atoms with E-state index in [1.165, 1.54) is 44.2 Å². The second-order valence-electron chi connectivity index (χ2n) is 15.1. The third-order valence-corrected chi connectivity index (χ3v) is 10.1. The molecule has 0 atom stereocenters. The maximum atomic E-state index is 7.39. The first-order chi connectivity index (χ1) is 23.4. The van der Waals surface area contributed by atoms with Crippen molar-refractivity contribution >= 4 is 16.5 Å². The fourth-order valence-electron chi connectivity index (χ4n) is 7.14. The molecule has 6 aromatic rings. The van der Waals surface area contributed by atoms with Crippen LogP contribution in [0.5, 0.6) is 0 Å². The minimum atomic E-state index is -0.0831. The molecule has 1 radical (unpaired) electrons. The van der Waals surface area contributed by atoms with Gasteiger partial charge in [0, 0.05) is 37.9 Å². The van der Waals surface area contributed by atoms with Crippen LogP contribution in [0.3, 0.4) is 0 Å². The molecular weight excluding hydrogens is 787 g/mol. The summed E-state index contributed by atoms with van der Waals surface area (Å²) < 4.78 is 0. The van der Waals surface area contributed by atoms with Gasteiger partial charge in [-0.3, -0.25) is 4.85 Å². The van der Waals surface area contributed by atoms with Crippen molar-refractivity contribution in [3.8, 4) is 33.6 Å². The zero-order chi connectivity index (χ0) is 35.0. The van der Waals surface area contributed by atoms with Crippen LogP contribution in [0, 0.1) is 18.7 Å². The van der Waals surface area contributed by atoms with Gasteiger partial charge in [-0.1, -0.05) is 85.7 Å². The maximum absolute atomic E-state index is 7.39. The molecule has 50 heavy (non-hydrogen) atoms. The van der Waals surface area contributed by atoms with Gasteiger partial charge in [0.2, 0.25) is 0 Å². The van der Waals surface area contributed by atoms with Gasteiger partial charge >= 0.3 is 0 Å². The van der Waals surface area contributed by atoms with Gasteiger partial charge < -0.3 is 9.97 Å². The maximum Gasteiger partial charge on any atom is 0.108 e. The van der Waals surface area contributed by atoms with Gasteiger partial charge in [0.25, 0.3) is 0 Å². The molecule has 0 unspecified atom stereocenters. The minimum Gasteiger partial charge on any atom is -0.305 e. The Morgan fingerprint density at radius 2 is 1.30 bits per heavy atom. The molecule has 0 spiro atoms. The smallest absolute Gasteiger partial charge is 0.108 e. The SMILES string of the molecule is CC(C)(C)c1cc[c-]c(-c2cc(C(C)(C)C)ccn2)c1.[C-]#[N+]c1cc[c-]c(-c2nccc3c2C(CC)(CC)c2cc4ccccc4cc2-3)c1.[Ir]. The molecule has 1 aliphatic carbocycles. The van der Waals surface area contributed by atoms with E-state index in [0.717, 1.165) is 35.4 Å². The van der Waals surface area contributed by atoms with E-state index in [4.69, 9.17) is 11.6 Å². The second-order valence-corrected chi connectivity index (χ2v) is 15.1. The van der Waals surface area contributed by atoms with Crippen LogP contribution in [-0.4, -0.2) is 9.97 Å². The summed E-state index contributed by atoms with van der Waals surface area (Å²) in [5.74, 6) is 0. The van der Waals surface area contributed by atoms with Gasteiger partial charge in [-0.15, -0.1) is 59.2 Å². The molecule has 4 aromatic carbocycles. The Bertz CT molecular complexity index is 2130. The topological polar surface area (TPSA) is 30.1 Å². The fraction of sp³-hybridized carbons (Fsp3) is 0.283. The molecule has 7 rings (SSSR count). The summed E-state index contributed by atoms with van der Waals surface area (Å²) in [4.78, 5) is 12.9. The van der Waals surface area contributed by atoms with E-state index >= 15 is 0 Å². The Balaban J connectivity index is 0.000000204. The number of fused-ring (bicyclic) bond motifs is 4. The summed E-state index contributed by atoms with van der Waals surface area (Å²) in [7, 11) is 0. The Morgan fingerprint density at radius 1 is 0.680 bits per heavy atom. The second kappa shape index (κ2) is 14.4. The average Bonchev–Trinajstić information content (AvgIpc) is 3.39. The Morgan fingerprint density at radius 3 is 1.96 bits per heavy atom. The summed E-state index contributed by atoms with van der Waals surface area (Å²) in [6.07, 6.45) is 5.80. The number of benzene rings is 4. The van der Waals surface area contributed by atoms with E-state index in [0.29, 0.717) is 5.69 Å². The molecule has 0 saturated heterocycles. The van der Waals surface area contributed by atoms with E-state index in [2.05, 4.69) is 144 Å². The van der Waals surface area contributed by atoms with Gasteiger partial charge in [-0.25, -0.2) is 0 Å². The molecule has 0 fully saturated rings. The summed E-state index contributed by atoms with van der Waals surface area (Å²) in [5, 5.41) is 2.54. The monoisotopic (exact) mass is 832 g/mol. The summed E-state index contributed by atoms with van der Waals surface area (Å²) in [6.45, 7) is 25.3. The first-order valence-corrected chi connectivity index (χ1v) is 17.3. The standard InChI is InChI=1S/C27H21N2.C19H24N.Ir/c1-4-27(5-2)24-17-19-10-7-6-9-18(19)16-23(24)22-13-14-29-26(25(22)27)20-11-8-12-21(15-20)28-3;1-18(2,3)15-9-7-8-14(12-15)17-13-16(10-11-20-17)19(4,5)6;/h6-10,12-17H,4-5H2,1-2H3;7,9-13H,1-6H3;/q2*-1;. The molecule has 2 heterocycles. The quantitative estimate of drug-likeness (QED) is 0.166. The Labute approximate surface area is 312 Å². The Kier molecular flexibility index (Phi) is 10.6. The van der Waals surface area contributed by atoms with Gasteiger partial charge in [-0.05, 0) is 97.9 Å². The van der Waals surface area contributed by atoms with Gasteiger partial charge in [0.15, 0.2) is 0 Å². The summed E-state index contributed by atoms with van der Waals surface area (Å²) in [6, 6.07) is 38.2. The molecular formula is C46H45IrN3-2. The van der Waals surface area contributed by atoms with Crippen LogP contribution < -0.4 is 0 Å². The van der Waals surface area contributed by atoms with Crippen LogP contribution in [0.25, 0.3) is 49.3 Å².